The van der Waals surface area contributed by atoms with Gasteiger partial charge in [-0.25, -0.2) is 13.8 Å². The van der Waals surface area contributed by atoms with Gasteiger partial charge >= 0.3 is 0 Å². The molecule has 0 amide bonds. The van der Waals surface area contributed by atoms with Crippen molar-refractivity contribution in [3.05, 3.63) is 59.4 Å². The summed E-state index contributed by atoms with van der Waals surface area (Å²) < 4.78 is 29.2. The van der Waals surface area contributed by atoms with Crippen molar-refractivity contribution >= 4 is 22.6 Å². The summed E-state index contributed by atoms with van der Waals surface area (Å²) in [7, 11) is 0. The number of imidazole rings is 1. The number of benzene rings is 2. The van der Waals surface area contributed by atoms with E-state index in [1.165, 1.54) is 0 Å². The molecular weight excluding hydrogens is 294 g/mol. The van der Waals surface area contributed by atoms with Crippen molar-refractivity contribution in [3.8, 4) is 5.69 Å². The number of rotatable bonds is 2. The molecule has 2 aromatic carbocycles. The van der Waals surface area contributed by atoms with Crippen LogP contribution in [0.5, 0.6) is 0 Å². The van der Waals surface area contributed by atoms with E-state index in [1.807, 2.05) is 25.1 Å². The number of hydrogen-bond donors (Lipinski definition) is 0. The number of fused-ring (bicyclic) bond motifs is 1. The van der Waals surface area contributed by atoms with Gasteiger partial charge in [0.1, 0.15) is 17.5 Å². The first kappa shape index (κ1) is 14.0. The normalized spacial score (nSPS) is 12.8. The third-order valence-corrected chi connectivity index (χ3v) is 3.54. The topological polar surface area (TPSA) is 17.8 Å². The van der Waals surface area contributed by atoms with Crippen LogP contribution in [0.25, 0.3) is 16.7 Å². The highest BCUT2D eigenvalue weighted by molar-refractivity contribution is 6.20. The average molecular weight is 307 g/mol. The number of hydrogen-bond acceptors (Lipinski definition) is 1. The monoisotopic (exact) mass is 306 g/mol. The zero-order valence-corrected chi connectivity index (χ0v) is 12.3. The van der Waals surface area contributed by atoms with Gasteiger partial charge in [0.2, 0.25) is 0 Å². The second-order valence-electron chi connectivity index (χ2n) is 5.01. The van der Waals surface area contributed by atoms with Crippen LogP contribution in [0.4, 0.5) is 8.78 Å². The number of halogens is 3. The summed E-state index contributed by atoms with van der Waals surface area (Å²) in [4.78, 5) is 4.44. The van der Waals surface area contributed by atoms with Crippen LogP contribution in [-0.4, -0.2) is 9.55 Å². The van der Waals surface area contributed by atoms with E-state index >= 15 is 0 Å². The maximum absolute atomic E-state index is 14.1. The Kier molecular flexibility index (Phi) is 3.41. The molecule has 1 unspecified atom stereocenters. The van der Waals surface area contributed by atoms with Gasteiger partial charge in [0.05, 0.1) is 22.1 Å². The van der Waals surface area contributed by atoms with Gasteiger partial charge in [-0.15, -0.1) is 11.6 Å². The molecular formula is C16H13ClF2N2. The van der Waals surface area contributed by atoms with E-state index in [1.54, 1.807) is 11.5 Å². The van der Waals surface area contributed by atoms with Gasteiger partial charge in [-0.05, 0) is 43.7 Å². The molecule has 0 N–H and O–H groups in total. The Balaban J connectivity index is 2.41. The fourth-order valence-electron chi connectivity index (χ4n) is 2.38. The third-order valence-electron chi connectivity index (χ3n) is 3.34. The van der Waals surface area contributed by atoms with Gasteiger partial charge in [-0.3, -0.25) is 4.57 Å². The number of nitrogens with zero attached hydrogens (tertiary/aromatic N) is 2. The van der Waals surface area contributed by atoms with Gasteiger partial charge in [0.15, 0.2) is 0 Å². The van der Waals surface area contributed by atoms with Gasteiger partial charge in [0.25, 0.3) is 0 Å². The Morgan fingerprint density at radius 2 is 1.90 bits per heavy atom. The van der Waals surface area contributed by atoms with Crippen molar-refractivity contribution in [2.75, 3.05) is 0 Å². The fourth-order valence-corrected chi connectivity index (χ4v) is 2.53. The summed E-state index contributed by atoms with van der Waals surface area (Å²) in [5.41, 5.74) is 2.54. The van der Waals surface area contributed by atoms with Gasteiger partial charge in [-0.1, -0.05) is 6.07 Å². The van der Waals surface area contributed by atoms with Crippen LogP contribution in [0.2, 0.25) is 0 Å². The molecule has 108 valence electrons. The Morgan fingerprint density at radius 3 is 2.62 bits per heavy atom. The smallest absolute Gasteiger partial charge is 0.147 e. The van der Waals surface area contributed by atoms with Crippen LogP contribution in [0.1, 0.15) is 23.7 Å². The molecule has 1 atom stereocenters. The Labute approximate surface area is 126 Å². The van der Waals surface area contributed by atoms with Crippen molar-refractivity contribution in [1.82, 2.24) is 9.55 Å². The van der Waals surface area contributed by atoms with Gasteiger partial charge in [-0.2, -0.15) is 0 Å². The summed E-state index contributed by atoms with van der Waals surface area (Å²) >= 11 is 6.16. The number of aryl methyl sites for hydroxylation is 1. The minimum Gasteiger partial charge on any atom is -0.292 e. The van der Waals surface area contributed by atoms with Crippen LogP contribution in [-0.2, 0) is 0 Å². The number of alkyl halides is 1. The Morgan fingerprint density at radius 1 is 1.14 bits per heavy atom. The van der Waals surface area contributed by atoms with E-state index in [-0.39, 0.29) is 5.69 Å². The molecule has 3 rings (SSSR count). The minimum atomic E-state index is -0.518. The summed E-state index contributed by atoms with van der Waals surface area (Å²) in [6.07, 6.45) is 0. The zero-order chi connectivity index (χ0) is 15.1. The molecule has 1 heterocycles. The molecule has 0 saturated heterocycles. The molecule has 5 heteroatoms. The highest BCUT2D eigenvalue weighted by atomic mass is 35.5. The van der Waals surface area contributed by atoms with Crippen molar-refractivity contribution < 1.29 is 8.78 Å². The van der Waals surface area contributed by atoms with E-state index in [2.05, 4.69) is 4.98 Å². The molecule has 2 nitrogen and oxygen atoms in total. The van der Waals surface area contributed by atoms with Crippen LogP contribution >= 0.6 is 11.6 Å². The fraction of sp³-hybridized carbons (Fsp3) is 0.188. The lowest BCUT2D eigenvalue weighted by Crippen LogP contribution is -2.04. The maximum atomic E-state index is 14.1. The van der Waals surface area contributed by atoms with Crippen LogP contribution in [0.15, 0.2) is 36.4 Å². The predicted molar refractivity (Wildman–Crippen MR) is 80.0 cm³/mol. The molecule has 0 aliphatic heterocycles. The molecule has 0 fully saturated rings. The second-order valence-corrected chi connectivity index (χ2v) is 5.66. The van der Waals surface area contributed by atoms with Crippen molar-refractivity contribution in [3.63, 3.8) is 0 Å². The standard InChI is InChI=1S/C16H13ClF2N2/c1-9-3-6-13-15(7-9)21(16(20-13)10(2)17)14-8-11(18)4-5-12(14)19/h3-8,10H,1-2H3. The number of aromatic nitrogens is 2. The predicted octanol–water partition coefficient (Wildman–Crippen LogP) is 4.91. The molecule has 21 heavy (non-hydrogen) atoms. The molecule has 0 radical (unpaired) electrons. The summed E-state index contributed by atoms with van der Waals surface area (Å²) in [5, 5.41) is -0.430. The van der Waals surface area contributed by atoms with Crippen molar-refractivity contribution in [2.24, 2.45) is 0 Å². The SMILES string of the molecule is Cc1ccc2nc(C(C)Cl)n(-c3cc(F)ccc3F)c2c1. The molecule has 0 spiro atoms. The lowest BCUT2D eigenvalue weighted by Gasteiger charge is -2.12. The molecule has 0 saturated carbocycles. The average Bonchev–Trinajstić information content (AvgIpc) is 2.80. The van der Waals surface area contributed by atoms with Gasteiger partial charge in [0, 0.05) is 6.07 Å². The first-order chi connectivity index (χ1) is 9.97. The van der Waals surface area contributed by atoms with Gasteiger partial charge < -0.3 is 0 Å². The highest BCUT2D eigenvalue weighted by Crippen LogP contribution is 2.30. The molecule has 0 bridgehead atoms. The quantitative estimate of drug-likeness (QED) is 0.615. The highest BCUT2D eigenvalue weighted by Gasteiger charge is 2.19. The summed E-state index contributed by atoms with van der Waals surface area (Å²) in [6, 6.07) is 9.00. The van der Waals surface area contributed by atoms with E-state index in [0.717, 1.165) is 23.8 Å². The summed E-state index contributed by atoms with van der Waals surface area (Å²) in [6.45, 7) is 3.69. The Hall–Kier alpha value is -1.94. The first-order valence-electron chi connectivity index (χ1n) is 6.56. The molecule has 0 aliphatic rings. The van der Waals surface area contributed by atoms with Crippen LogP contribution < -0.4 is 0 Å². The molecule has 0 aliphatic carbocycles. The minimum absolute atomic E-state index is 0.116. The van der Waals surface area contributed by atoms with Crippen LogP contribution in [0, 0.1) is 18.6 Å². The Bertz CT molecular complexity index is 825. The lowest BCUT2D eigenvalue weighted by molar-refractivity contribution is 0.591. The van der Waals surface area contributed by atoms with Crippen molar-refractivity contribution in [2.45, 2.75) is 19.2 Å². The first-order valence-corrected chi connectivity index (χ1v) is 6.99. The summed E-state index contributed by atoms with van der Waals surface area (Å²) in [5.74, 6) is -0.536. The maximum Gasteiger partial charge on any atom is 0.147 e. The zero-order valence-electron chi connectivity index (χ0n) is 11.6. The largest absolute Gasteiger partial charge is 0.292 e. The molecule has 1 aromatic heterocycles. The van der Waals surface area contributed by atoms with Crippen molar-refractivity contribution in [1.29, 1.82) is 0 Å². The third kappa shape index (κ3) is 2.40. The van der Waals surface area contributed by atoms with Crippen LogP contribution in [0.3, 0.4) is 0 Å². The van der Waals surface area contributed by atoms with E-state index in [9.17, 15) is 8.78 Å². The molecule has 3 aromatic rings. The van der Waals surface area contributed by atoms with E-state index < -0.39 is 17.0 Å². The van der Waals surface area contributed by atoms with E-state index in [0.29, 0.717) is 16.9 Å². The lowest BCUT2D eigenvalue weighted by atomic mass is 10.2. The second kappa shape index (κ2) is 5.11. The van der Waals surface area contributed by atoms with E-state index in [4.69, 9.17) is 11.6 Å².